The number of aliphatic carboxylic acids is 1. The van der Waals surface area contributed by atoms with Crippen molar-refractivity contribution in [2.45, 2.75) is 43.4 Å². The molecule has 2 aromatic carbocycles. The van der Waals surface area contributed by atoms with E-state index in [1.54, 1.807) is 0 Å². The van der Waals surface area contributed by atoms with Crippen molar-refractivity contribution in [3.05, 3.63) is 59.7 Å². The lowest BCUT2D eigenvalue weighted by molar-refractivity contribution is -0.142. The molecule has 4 amide bonds. The molecule has 13 nitrogen and oxygen atoms in total. The van der Waals surface area contributed by atoms with Gasteiger partial charge in [-0.1, -0.05) is 24.3 Å². The molecule has 210 valence electrons. The first-order valence-corrected chi connectivity index (χ1v) is 12.4. The van der Waals surface area contributed by atoms with Gasteiger partial charge in [-0.25, -0.2) is 4.79 Å². The summed E-state index contributed by atoms with van der Waals surface area (Å²) in [6.45, 7) is 0. The van der Waals surface area contributed by atoms with Crippen molar-refractivity contribution in [2.24, 2.45) is 11.5 Å². The average Bonchev–Trinajstić information content (AvgIpc) is 2.88. The molecule has 39 heavy (non-hydrogen) atoms. The quantitative estimate of drug-likeness (QED) is 0.123. The lowest BCUT2D eigenvalue weighted by Gasteiger charge is -2.24. The molecular weight excluding hydrogens is 530 g/mol. The highest BCUT2D eigenvalue weighted by molar-refractivity contribution is 7.80. The fourth-order valence-corrected chi connectivity index (χ4v) is 3.73. The van der Waals surface area contributed by atoms with Gasteiger partial charge in [0.25, 0.3) is 0 Å². The molecule has 0 saturated heterocycles. The van der Waals surface area contributed by atoms with Crippen molar-refractivity contribution in [2.75, 3.05) is 5.75 Å². The van der Waals surface area contributed by atoms with Gasteiger partial charge in [-0.05, 0) is 35.4 Å². The summed E-state index contributed by atoms with van der Waals surface area (Å²) in [6.07, 6.45) is -0.620. The summed E-state index contributed by atoms with van der Waals surface area (Å²) in [5.74, 6) is -4.82. The Morgan fingerprint density at radius 3 is 1.56 bits per heavy atom. The van der Waals surface area contributed by atoms with Crippen LogP contribution in [0.5, 0.6) is 11.5 Å². The summed E-state index contributed by atoms with van der Waals surface area (Å²) >= 11 is 4.10. The van der Waals surface area contributed by atoms with E-state index < -0.39 is 60.2 Å². The third-order valence-electron chi connectivity index (χ3n) is 5.57. The van der Waals surface area contributed by atoms with Crippen LogP contribution in [0.25, 0.3) is 0 Å². The maximum atomic E-state index is 13.1. The molecule has 0 aliphatic rings. The van der Waals surface area contributed by atoms with Crippen molar-refractivity contribution in [3.8, 4) is 11.5 Å². The third kappa shape index (κ3) is 10.2. The number of phenols is 2. The van der Waals surface area contributed by atoms with Gasteiger partial charge in [0, 0.05) is 18.6 Å². The Hall–Kier alpha value is -4.30. The van der Waals surface area contributed by atoms with Gasteiger partial charge in [0.15, 0.2) is 0 Å². The molecule has 0 saturated carbocycles. The zero-order valence-corrected chi connectivity index (χ0v) is 21.6. The fourth-order valence-electron chi connectivity index (χ4n) is 3.47. The second-order valence-electron chi connectivity index (χ2n) is 8.72. The monoisotopic (exact) mass is 561 g/mol. The van der Waals surface area contributed by atoms with Crippen molar-refractivity contribution >= 4 is 42.2 Å². The van der Waals surface area contributed by atoms with Crippen LogP contribution in [-0.4, -0.2) is 74.8 Å². The average molecular weight is 562 g/mol. The first-order valence-electron chi connectivity index (χ1n) is 11.7. The molecule has 4 atom stereocenters. The van der Waals surface area contributed by atoms with Crippen LogP contribution in [0.2, 0.25) is 0 Å². The van der Waals surface area contributed by atoms with Crippen LogP contribution >= 0.6 is 12.6 Å². The van der Waals surface area contributed by atoms with E-state index in [2.05, 4.69) is 28.6 Å². The van der Waals surface area contributed by atoms with Gasteiger partial charge in [-0.15, -0.1) is 0 Å². The summed E-state index contributed by atoms with van der Waals surface area (Å²) in [6, 6.07) is 6.38. The van der Waals surface area contributed by atoms with E-state index in [0.717, 1.165) is 0 Å². The molecule has 0 radical (unpaired) electrons. The number of amides is 4. The van der Waals surface area contributed by atoms with Crippen molar-refractivity contribution in [1.82, 2.24) is 16.0 Å². The van der Waals surface area contributed by atoms with Crippen LogP contribution in [0.4, 0.5) is 0 Å². The summed E-state index contributed by atoms with van der Waals surface area (Å²) < 4.78 is 0. The number of hydrogen-bond donors (Lipinski definition) is 9. The van der Waals surface area contributed by atoms with E-state index >= 15 is 0 Å². The Morgan fingerprint density at radius 1 is 0.718 bits per heavy atom. The minimum Gasteiger partial charge on any atom is -0.508 e. The smallest absolute Gasteiger partial charge is 0.326 e. The summed E-state index contributed by atoms with van der Waals surface area (Å²) in [7, 11) is 0. The molecule has 0 spiro atoms. The number of primary amides is 1. The van der Waals surface area contributed by atoms with Crippen molar-refractivity contribution in [1.29, 1.82) is 0 Å². The van der Waals surface area contributed by atoms with E-state index in [4.69, 9.17) is 11.5 Å². The molecule has 4 unspecified atom stereocenters. The number of carboxylic acid groups (broad SMARTS) is 1. The normalized spacial score (nSPS) is 13.8. The number of carbonyl (C=O) groups is 5. The second kappa shape index (κ2) is 14.6. The molecule has 0 aliphatic heterocycles. The van der Waals surface area contributed by atoms with Gasteiger partial charge in [0.05, 0.1) is 12.5 Å². The highest BCUT2D eigenvalue weighted by Crippen LogP contribution is 2.13. The number of phenolic OH excluding ortho intramolecular Hbond substituents is 2. The number of rotatable bonds is 14. The number of thiol groups is 1. The predicted molar refractivity (Wildman–Crippen MR) is 143 cm³/mol. The molecule has 2 aromatic rings. The van der Waals surface area contributed by atoms with Crippen LogP contribution in [0.1, 0.15) is 17.5 Å². The van der Waals surface area contributed by atoms with Gasteiger partial charge < -0.3 is 42.7 Å². The summed E-state index contributed by atoms with van der Waals surface area (Å²) in [5.41, 5.74) is 11.9. The van der Waals surface area contributed by atoms with Gasteiger partial charge in [0.2, 0.25) is 23.6 Å². The third-order valence-corrected chi connectivity index (χ3v) is 5.94. The van der Waals surface area contributed by atoms with Gasteiger partial charge in [-0.2, -0.15) is 12.6 Å². The van der Waals surface area contributed by atoms with Crippen LogP contribution in [0, 0.1) is 0 Å². The van der Waals surface area contributed by atoms with Crippen LogP contribution in [-0.2, 0) is 36.8 Å². The fraction of sp³-hybridized carbons (Fsp3) is 0.320. The Balaban J connectivity index is 2.16. The molecule has 10 N–H and O–H groups in total. The largest absolute Gasteiger partial charge is 0.508 e. The lowest BCUT2D eigenvalue weighted by Crippen LogP contribution is -2.58. The van der Waals surface area contributed by atoms with Gasteiger partial charge >= 0.3 is 5.97 Å². The Bertz CT molecular complexity index is 1180. The maximum absolute atomic E-state index is 13.1. The van der Waals surface area contributed by atoms with E-state index in [9.17, 15) is 39.3 Å². The van der Waals surface area contributed by atoms with E-state index in [1.807, 2.05) is 0 Å². The number of carbonyl (C=O) groups excluding carboxylic acids is 4. The minimum atomic E-state index is -1.35. The summed E-state index contributed by atoms with van der Waals surface area (Å²) in [4.78, 5) is 61.4. The molecule has 0 fully saturated rings. The Morgan fingerprint density at radius 2 is 1.13 bits per heavy atom. The minimum absolute atomic E-state index is 0.00274. The number of benzene rings is 2. The summed E-state index contributed by atoms with van der Waals surface area (Å²) in [5, 5.41) is 35.7. The lowest BCUT2D eigenvalue weighted by atomic mass is 10.0. The predicted octanol–water partition coefficient (Wildman–Crippen LogP) is -1.45. The van der Waals surface area contributed by atoms with Crippen LogP contribution in [0.15, 0.2) is 48.5 Å². The highest BCUT2D eigenvalue weighted by Gasteiger charge is 2.30. The second-order valence-corrected chi connectivity index (χ2v) is 9.09. The SMILES string of the molecule is NC(=O)CC(N)C(=O)NC(Cc1ccc(O)cc1)C(=O)NC(CS)C(=O)NC(Cc1ccc(O)cc1)C(=O)O. The first kappa shape index (κ1) is 30.9. The van der Waals surface area contributed by atoms with Gasteiger partial charge in [-0.3, -0.25) is 19.2 Å². The van der Waals surface area contributed by atoms with E-state index in [-0.39, 0.29) is 30.1 Å². The molecule has 0 heterocycles. The number of nitrogens with two attached hydrogens (primary N) is 2. The molecule has 0 bridgehead atoms. The van der Waals surface area contributed by atoms with Gasteiger partial charge in [0.1, 0.15) is 29.6 Å². The molecule has 14 heteroatoms. The van der Waals surface area contributed by atoms with E-state index in [1.165, 1.54) is 48.5 Å². The standard InChI is InChI=1S/C25H31N5O8S/c26-17(11-21(27)33)22(34)28-18(9-13-1-5-15(31)6-2-13)23(35)30-20(12-39)24(36)29-19(25(37)38)10-14-3-7-16(32)8-4-14/h1-8,17-20,31-32,39H,9-12,26H2,(H2,27,33)(H,28,34)(H,29,36)(H,30,35)(H,37,38). The molecule has 0 aliphatic carbocycles. The molecular formula is C25H31N5O8S. The van der Waals surface area contributed by atoms with E-state index in [0.29, 0.717) is 11.1 Å². The maximum Gasteiger partial charge on any atom is 0.326 e. The number of aromatic hydroxyl groups is 2. The van der Waals surface area contributed by atoms with Crippen LogP contribution < -0.4 is 27.4 Å². The zero-order valence-electron chi connectivity index (χ0n) is 20.7. The Labute approximate surface area is 229 Å². The topological polar surface area (TPSA) is 234 Å². The number of nitrogens with one attached hydrogen (secondary N) is 3. The van der Waals surface area contributed by atoms with Crippen LogP contribution in [0.3, 0.4) is 0 Å². The Kier molecular flexibility index (Phi) is 11.6. The van der Waals surface area contributed by atoms with Crippen molar-refractivity contribution in [3.63, 3.8) is 0 Å². The number of carboxylic acids is 1. The molecule has 2 rings (SSSR count). The van der Waals surface area contributed by atoms with Crippen molar-refractivity contribution < 1.29 is 39.3 Å². The number of hydrogen-bond acceptors (Lipinski definition) is 9. The first-order chi connectivity index (χ1) is 18.4. The highest BCUT2D eigenvalue weighted by atomic mass is 32.1. The molecule has 0 aromatic heterocycles. The zero-order chi connectivity index (χ0) is 29.1.